The predicted molar refractivity (Wildman–Crippen MR) is 73.6 cm³/mol. The van der Waals surface area contributed by atoms with Gasteiger partial charge in [0, 0.05) is 12.1 Å². The maximum absolute atomic E-state index is 11.4. The number of nitro benzene ring substituents is 1. The zero-order valence-electron chi connectivity index (χ0n) is 11.5. The van der Waals surface area contributed by atoms with Gasteiger partial charge in [-0.2, -0.15) is 0 Å². The van der Waals surface area contributed by atoms with E-state index < -0.39 is 16.5 Å². The van der Waals surface area contributed by atoms with Crippen LogP contribution < -0.4 is 0 Å². The summed E-state index contributed by atoms with van der Waals surface area (Å²) in [5.41, 5.74) is -0.0856. The van der Waals surface area contributed by atoms with Crippen LogP contribution in [-0.2, 0) is 20.9 Å². The highest BCUT2D eigenvalue weighted by atomic mass is 35.5. The largest absolute Gasteiger partial charge is 0.458 e. The number of halogens is 1. The molecule has 0 saturated carbocycles. The van der Waals surface area contributed by atoms with Gasteiger partial charge in [-0.25, -0.2) is 4.79 Å². The number of rotatable bonds is 5. The van der Waals surface area contributed by atoms with E-state index in [1.165, 1.54) is 18.2 Å². The minimum absolute atomic E-state index is 0.0794. The van der Waals surface area contributed by atoms with Crippen LogP contribution in [0, 0.1) is 10.1 Å². The summed E-state index contributed by atoms with van der Waals surface area (Å²) in [6.45, 7) is 5.16. The minimum Gasteiger partial charge on any atom is -0.458 e. The van der Waals surface area contributed by atoms with Crippen molar-refractivity contribution in [1.29, 1.82) is 0 Å². The van der Waals surface area contributed by atoms with E-state index in [-0.39, 0.29) is 23.9 Å². The molecule has 0 radical (unpaired) electrons. The molecule has 0 amide bonds. The second kappa shape index (κ2) is 6.67. The second-order valence-electron chi connectivity index (χ2n) is 5.11. The molecule has 1 aromatic rings. The zero-order valence-corrected chi connectivity index (χ0v) is 12.3. The molecule has 1 rings (SSSR count). The molecule has 0 aliphatic rings. The van der Waals surface area contributed by atoms with Crippen LogP contribution in [0.15, 0.2) is 18.2 Å². The number of nitrogens with zero attached hydrogens (tertiary/aromatic N) is 1. The van der Waals surface area contributed by atoms with Gasteiger partial charge in [0.2, 0.25) is 0 Å². The van der Waals surface area contributed by atoms with Gasteiger partial charge in [0.15, 0.2) is 0 Å². The quantitative estimate of drug-likeness (QED) is 0.474. The van der Waals surface area contributed by atoms with E-state index in [0.29, 0.717) is 5.56 Å². The molecule has 0 fully saturated rings. The minimum atomic E-state index is -0.564. The van der Waals surface area contributed by atoms with Crippen LogP contribution in [0.5, 0.6) is 0 Å². The molecule has 0 atom stereocenters. The molecule has 0 aliphatic heterocycles. The van der Waals surface area contributed by atoms with Crippen LogP contribution >= 0.6 is 11.6 Å². The molecule has 0 unspecified atom stereocenters. The standard InChI is InChI=1S/C13H16ClNO5/c1-13(2,3)20-12(16)8-19-7-9-4-5-10(15(17)18)6-11(9)14/h4-6H,7-8H2,1-3H3. The van der Waals surface area contributed by atoms with Gasteiger partial charge in [-0.1, -0.05) is 11.6 Å². The van der Waals surface area contributed by atoms with Crippen molar-refractivity contribution in [3.63, 3.8) is 0 Å². The van der Waals surface area contributed by atoms with Crippen molar-refractivity contribution in [2.24, 2.45) is 0 Å². The zero-order chi connectivity index (χ0) is 15.3. The Labute approximate surface area is 121 Å². The first-order valence-electron chi connectivity index (χ1n) is 5.91. The van der Waals surface area contributed by atoms with Crippen LogP contribution in [0.3, 0.4) is 0 Å². The number of esters is 1. The predicted octanol–water partition coefficient (Wildman–Crippen LogP) is 3.11. The van der Waals surface area contributed by atoms with Gasteiger partial charge < -0.3 is 9.47 Å². The summed E-state index contributed by atoms with van der Waals surface area (Å²) < 4.78 is 10.2. The van der Waals surface area contributed by atoms with Crippen LogP contribution in [0.2, 0.25) is 5.02 Å². The van der Waals surface area contributed by atoms with E-state index >= 15 is 0 Å². The first-order valence-corrected chi connectivity index (χ1v) is 6.29. The van der Waals surface area contributed by atoms with E-state index in [0.717, 1.165) is 0 Å². The lowest BCUT2D eigenvalue weighted by Gasteiger charge is -2.19. The number of hydrogen-bond donors (Lipinski definition) is 0. The third-order valence-electron chi connectivity index (χ3n) is 2.14. The Balaban J connectivity index is 2.51. The molecular weight excluding hydrogens is 286 g/mol. The maximum atomic E-state index is 11.4. The molecule has 0 saturated heterocycles. The van der Waals surface area contributed by atoms with Crippen molar-refractivity contribution >= 4 is 23.3 Å². The average Bonchev–Trinajstić information content (AvgIpc) is 2.28. The van der Waals surface area contributed by atoms with Crippen molar-refractivity contribution < 1.29 is 19.2 Å². The fourth-order valence-corrected chi connectivity index (χ4v) is 1.61. The summed E-state index contributed by atoms with van der Waals surface area (Å²) in [5, 5.41) is 10.8. The number of carbonyl (C=O) groups is 1. The molecule has 0 heterocycles. The third kappa shape index (κ3) is 5.54. The topological polar surface area (TPSA) is 78.7 Å². The average molecular weight is 302 g/mol. The SMILES string of the molecule is CC(C)(C)OC(=O)COCc1ccc([N+](=O)[O-])cc1Cl. The van der Waals surface area contributed by atoms with Gasteiger partial charge >= 0.3 is 5.97 Å². The monoisotopic (exact) mass is 301 g/mol. The highest BCUT2D eigenvalue weighted by Crippen LogP contribution is 2.23. The molecule has 0 aliphatic carbocycles. The van der Waals surface area contributed by atoms with E-state index in [4.69, 9.17) is 21.1 Å². The maximum Gasteiger partial charge on any atom is 0.332 e. The summed E-state index contributed by atoms with van der Waals surface area (Å²) in [7, 11) is 0. The van der Waals surface area contributed by atoms with Crippen molar-refractivity contribution in [2.45, 2.75) is 33.0 Å². The number of hydrogen-bond acceptors (Lipinski definition) is 5. The molecule has 1 aromatic carbocycles. The molecule has 110 valence electrons. The van der Waals surface area contributed by atoms with E-state index in [9.17, 15) is 14.9 Å². The molecule has 20 heavy (non-hydrogen) atoms. The summed E-state index contributed by atoms with van der Waals surface area (Å²) in [6, 6.07) is 4.07. The van der Waals surface area contributed by atoms with Gasteiger partial charge in [0.05, 0.1) is 16.6 Å². The van der Waals surface area contributed by atoms with Crippen molar-refractivity contribution in [1.82, 2.24) is 0 Å². The number of ether oxygens (including phenoxy) is 2. The summed E-state index contributed by atoms with van der Waals surface area (Å²) in [6.07, 6.45) is 0. The summed E-state index contributed by atoms with van der Waals surface area (Å²) in [5.74, 6) is -0.476. The number of benzene rings is 1. The lowest BCUT2D eigenvalue weighted by atomic mass is 10.2. The first kappa shape index (κ1) is 16.4. The number of nitro groups is 1. The van der Waals surface area contributed by atoms with Crippen molar-refractivity contribution in [3.05, 3.63) is 38.9 Å². The Kier molecular flexibility index (Phi) is 5.47. The summed E-state index contributed by atoms with van der Waals surface area (Å²) >= 11 is 5.89. The Morgan fingerprint density at radius 2 is 2.05 bits per heavy atom. The Bertz CT molecular complexity index is 510. The number of carbonyl (C=O) groups excluding carboxylic acids is 1. The Morgan fingerprint density at radius 1 is 1.40 bits per heavy atom. The fraction of sp³-hybridized carbons (Fsp3) is 0.462. The van der Waals surface area contributed by atoms with Crippen LogP contribution in [-0.4, -0.2) is 23.1 Å². The van der Waals surface area contributed by atoms with Crippen molar-refractivity contribution in [3.8, 4) is 0 Å². The van der Waals surface area contributed by atoms with E-state index in [2.05, 4.69) is 0 Å². The summed E-state index contributed by atoms with van der Waals surface area (Å²) in [4.78, 5) is 21.4. The lowest BCUT2D eigenvalue weighted by molar-refractivity contribution is -0.384. The number of non-ortho nitro benzene ring substituents is 1. The highest BCUT2D eigenvalue weighted by Gasteiger charge is 2.16. The van der Waals surface area contributed by atoms with Crippen LogP contribution in [0.4, 0.5) is 5.69 Å². The van der Waals surface area contributed by atoms with E-state index in [1.807, 2.05) is 0 Å². The molecular formula is C13H16ClNO5. The van der Waals surface area contributed by atoms with Gasteiger partial charge in [-0.15, -0.1) is 0 Å². The fourth-order valence-electron chi connectivity index (χ4n) is 1.38. The van der Waals surface area contributed by atoms with Gasteiger partial charge in [-0.05, 0) is 32.4 Å². The molecule has 0 N–H and O–H groups in total. The third-order valence-corrected chi connectivity index (χ3v) is 2.50. The lowest BCUT2D eigenvalue weighted by Crippen LogP contribution is -2.26. The van der Waals surface area contributed by atoms with Crippen molar-refractivity contribution in [2.75, 3.05) is 6.61 Å². The van der Waals surface area contributed by atoms with Gasteiger partial charge in [-0.3, -0.25) is 10.1 Å². The molecule has 0 spiro atoms. The highest BCUT2D eigenvalue weighted by molar-refractivity contribution is 6.31. The Hall–Kier alpha value is -1.66. The van der Waals surface area contributed by atoms with Gasteiger partial charge in [0.25, 0.3) is 5.69 Å². The molecule has 6 nitrogen and oxygen atoms in total. The first-order chi connectivity index (χ1) is 9.19. The normalized spacial score (nSPS) is 11.2. The smallest absolute Gasteiger partial charge is 0.332 e. The van der Waals surface area contributed by atoms with Crippen LogP contribution in [0.25, 0.3) is 0 Å². The molecule has 0 aromatic heterocycles. The molecule has 0 bridgehead atoms. The second-order valence-corrected chi connectivity index (χ2v) is 5.52. The Morgan fingerprint density at radius 3 is 2.55 bits per heavy atom. The van der Waals surface area contributed by atoms with Crippen LogP contribution in [0.1, 0.15) is 26.3 Å². The van der Waals surface area contributed by atoms with E-state index in [1.54, 1.807) is 20.8 Å². The molecule has 7 heteroatoms. The van der Waals surface area contributed by atoms with Gasteiger partial charge in [0.1, 0.15) is 12.2 Å².